The van der Waals surface area contributed by atoms with Crippen molar-refractivity contribution >= 4 is 29.0 Å². The Labute approximate surface area is 91.8 Å². The molecule has 0 N–H and O–H groups in total. The van der Waals surface area contributed by atoms with Crippen LogP contribution in [0.3, 0.4) is 0 Å². The van der Waals surface area contributed by atoms with Gasteiger partial charge in [0.2, 0.25) is 0 Å². The van der Waals surface area contributed by atoms with E-state index < -0.39 is 0 Å². The van der Waals surface area contributed by atoms with Crippen LogP contribution in [-0.4, -0.2) is 12.4 Å². The van der Waals surface area contributed by atoms with Gasteiger partial charge in [-0.05, 0) is 18.6 Å². The summed E-state index contributed by atoms with van der Waals surface area (Å²) >= 11 is 11.7. The highest BCUT2D eigenvalue weighted by Crippen LogP contribution is 2.34. The van der Waals surface area contributed by atoms with Gasteiger partial charge in [0.25, 0.3) is 0 Å². The first-order valence-corrected chi connectivity index (χ1v) is 5.09. The van der Waals surface area contributed by atoms with Crippen molar-refractivity contribution in [2.24, 2.45) is 0 Å². The van der Waals surface area contributed by atoms with Crippen molar-refractivity contribution in [2.45, 2.75) is 12.8 Å². The van der Waals surface area contributed by atoms with E-state index >= 15 is 0 Å². The molecule has 1 aromatic carbocycles. The third-order valence-electron chi connectivity index (χ3n) is 2.10. The maximum Gasteiger partial charge on any atom is 0.166 e. The Balaban J connectivity index is 2.58. The van der Waals surface area contributed by atoms with Crippen LogP contribution in [0.2, 0.25) is 10.0 Å². The second kappa shape index (κ2) is 3.79. The molecule has 0 spiro atoms. The number of benzene rings is 1. The lowest BCUT2D eigenvalue weighted by molar-refractivity contribution is 0.0983. The second-order valence-electron chi connectivity index (χ2n) is 3.14. The van der Waals surface area contributed by atoms with Gasteiger partial charge in [-0.25, -0.2) is 0 Å². The molecule has 1 aliphatic heterocycles. The molecule has 0 unspecified atom stereocenters. The van der Waals surface area contributed by atoms with Gasteiger partial charge in [-0.15, -0.1) is 0 Å². The number of ketones is 1. The first-order chi connectivity index (χ1) is 6.68. The van der Waals surface area contributed by atoms with E-state index in [1.807, 2.05) is 0 Å². The minimum atomic E-state index is 0.0434. The molecule has 0 bridgehead atoms. The summed E-state index contributed by atoms with van der Waals surface area (Å²) in [7, 11) is 0. The third-order valence-corrected chi connectivity index (χ3v) is 2.60. The second-order valence-corrected chi connectivity index (χ2v) is 3.98. The molecular formula is C10H8Cl2O2. The van der Waals surface area contributed by atoms with Crippen molar-refractivity contribution in [1.29, 1.82) is 0 Å². The highest BCUT2D eigenvalue weighted by Gasteiger charge is 2.19. The molecule has 74 valence electrons. The average molecular weight is 231 g/mol. The molecule has 2 nitrogen and oxygen atoms in total. The zero-order valence-electron chi connectivity index (χ0n) is 7.35. The normalized spacial score (nSPS) is 15.7. The van der Waals surface area contributed by atoms with E-state index in [9.17, 15) is 4.79 Å². The minimum Gasteiger partial charge on any atom is -0.491 e. The smallest absolute Gasteiger partial charge is 0.166 e. The molecule has 0 amide bonds. The largest absolute Gasteiger partial charge is 0.491 e. The molecule has 1 aromatic rings. The van der Waals surface area contributed by atoms with E-state index in [1.165, 1.54) is 0 Å². The molecule has 1 heterocycles. The number of carbonyl (C=O) groups is 1. The Morgan fingerprint density at radius 2 is 2.07 bits per heavy atom. The van der Waals surface area contributed by atoms with Gasteiger partial charge in [0.1, 0.15) is 5.75 Å². The van der Waals surface area contributed by atoms with E-state index in [2.05, 4.69) is 0 Å². The van der Waals surface area contributed by atoms with Crippen LogP contribution < -0.4 is 4.74 Å². The third kappa shape index (κ3) is 1.72. The summed E-state index contributed by atoms with van der Waals surface area (Å²) < 4.78 is 5.39. The summed E-state index contributed by atoms with van der Waals surface area (Å²) in [5, 5.41) is 0.871. The fraction of sp³-hybridized carbons (Fsp3) is 0.300. The molecule has 0 saturated heterocycles. The maximum absolute atomic E-state index is 11.6. The van der Waals surface area contributed by atoms with Crippen LogP contribution in [0.5, 0.6) is 5.75 Å². The lowest BCUT2D eigenvalue weighted by Crippen LogP contribution is -1.98. The van der Waals surface area contributed by atoms with Crippen LogP contribution in [0.25, 0.3) is 0 Å². The number of carbonyl (C=O) groups excluding carboxylic acids is 1. The predicted molar refractivity (Wildman–Crippen MR) is 55.5 cm³/mol. The molecule has 0 aromatic heterocycles. The number of ether oxygens (including phenoxy) is 1. The number of fused-ring (bicyclic) bond motifs is 1. The Kier molecular flexibility index (Phi) is 2.66. The molecular weight excluding hydrogens is 223 g/mol. The van der Waals surface area contributed by atoms with Crippen LogP contribution in [0.4, 0.5) is 0 Å². The van der Waals surface area contributed by atoms with Crippen LogP contribution in [0.15, 0.2) is 12.1 Å². The summed E-state index contributed by atoms with van der Waals surface area (Å²) in [5.41, 5.74) is 0.500. The Bertz CT molecular complexity index is 388. The Morgan fingerprint density at radius 1 is 1.29 bits per heavy atom. The van der Waals surface area contributed by atoms with E-state index in [-0.39, 0.29) is 5.78 Å². The molecule has 2 rings (SSSR count). The summed E-state index contributed by atoms with van der Waals surface area (Å²) in [6.07, 6.45) is 1.21. The van der Waals surface area contributed by atoms with Crippen molar-refractivity contribution in [3.63, 3.8) is 0 Å². The molecule has 0 aliphatic carbocycles. The number of hydrogen-bond acceptors (Lipinski definition) is 2. The van der Waals surface area contributed by atoms with Gasteiger partial charge in [0, 0.05) is 11.4 Å². The molecule has 0 radical (unpaired) electrons. The molecule has 0 saturated carbocycles. The molecule has 14 heavy (non-hydrogen) atoms. The molecule has 0 fully saturated rings. The summed E-state index contributed by atoms with van der Waals surface area (Å²) in [4.78, 5) is 11.6. The highest BCUT2D eigenvalue weighted by atomic mass is 35.5. The SMILES string of the molecule is O=C1CCCOc2c(Cl)cc(Cl)cc21. The van der Waals surface area contributed by atoms with Crippen LogP contribution in [0.1, 0.15) is 23.2 Å². The maximum atomic E-state index is 11.6. The summed E-state index contributed by atoms with van der Waals surface area (Å²) in [6.45, 7) is 0.528. The molecule has 1 aliphatic rings. The topological polar surface area (TPSA) is 26.3 Å². The van der Waals surface area contributed by atoms with Crippen molar-refractivity contribution < 1.29 is 9.53 Å². The van der Waals surface area contributed by atoms with Crippen molar-refractivity contribution in [3.8, 4) is 5.75 Å². The molecule has 4 heteroatoms. The van der Waals surface area contributed by atoms with E-state index in [4.69, 9.17) is 27.9 Å². The number of Topliss-reactive ketones (excluding diaryl/α,β-unsaturated/α-hetero) is 1. The zero-order valence-corrected chi connectivity index (χ0v) is 8.86. The van der Waals surface area contributed by atoms with Crippen molar-refractivity contribution in [2.75, 3.05) is 6.61 Å². The van der Waals surface area contributed by atoms with Gasteiger partial charge in [0.05, 0.1) is 17.2 Å². The zero-order chi connectivity index (χ0) is 10.1. The summed E-state index contributed by atoms with van der Waals surface area (Å²) in [5.74, 6) is 0.514. The lowest BCUT2D eigenvalue weighted by atomic mass is 10.1. The van der Waals surface area contributed by atoms with Gasteiger partial charge in [-0.3, -0.25) is 4.79 Å². The van der Waals surface area contributed by atoms with Crippen molar-refractivity contribution in [1.82, 2.24) is 0 Å². The molecule has 0 atom stereocenters. The highest BCUT2D eigenvalue weighted by molar-refractivity contribution is 6.36. The Hall–Kier alpha value is -0.730. The standard InChI is InChI=1S/C10H8Cl2O2/c11-6-4-7-9(13)2-1-3-14-10(7)8(12)5-6/h4-5H,1-3H2. The van der Waals surface area contributed by atoms with Gasteiger partial charge in [-0.2, -0.15) is 0 Å². The van der Waals surface area contributed by atoms with Gasteiger partial charge < -0.3 is 4.74 Å². The van der Waals surface area contributed by atoms with E-state index in [1.54, 1.807) is 12.1 Å². The number of rotatable bonds is 0. The van der Waals surface area contributed by atoms with Gasteiger partial charge in [-0.1, -0.05) is 23.2 Å². The van der Waals surface area contributed by atoms with E-state index in [0.29, 0.717) is 34.4 Å². The lowest BCUT2D eigenvalue weighted by Gasteiger charge is -2.08. The van der Waals surface area contributed by atoms with Crippen LogP contribution >= 0.6 is 23.2 Å². The Morgan fingerprint density at radius 3 is 2.86 bits per heavy atom. The van der Waals surface area contributed by atoms with Gasteiger partial charge >= 0.3 is 0 Å². The number of halogens is 2. The quantitative estimate of drug-likeness (QED) is 0.684. The van der Waals surface area contributed by atoms with Gasteiger partial charge in [0.15, 0.2) is 5.78 Å². The average Bonchev–Trinajstić information content (AvgIpc) is 2.29. The predicted octanol–water partition coefficient (Wildman–Crippen LogP) is 3.35. The fourth-order valence-electron chi connectivity index (χ4n) is 1.46. The monoisotopic (exact) mass is 230 g/mol. The number of hydrogen-bond donors (Lipinski definition) is 0. The summed E-state index contributed by atoms with van der Waals surface area (Å²) in [6, 6.07) is 3.19. The van der Waals surface area contributed by atoms with E-state index in [0.717, 1.165) is 6.42 Å². The van der Waals surface area contributed by atoms with Crippen LogP contribution in [-0.2, 0) is 0 Å². The first kappa shape index (κ1) is 9.81. The van der Waals surface area contributed by atoms with Crippen molar-refractivity contribution in [3.05, 3.63) is 27.7 Å². The minimum absolute atomic E-state index is 0.0434. The fourth-order valence-corrected chi connectivity index (χ4v) is 2.00. The first-order valence-electron chi connectivity index (χ1n) is 4.33. The van der Waals surface area contributed by atoms with Crippen LogP contribution in [0, 0.1) is 0 Å².